The number of hydrazine groups is 1. The molecule has 9 heteroatoms. The maximum absolute atomic E-state index is 13.6. The standard InChI is InChI=1S/C21H15F4N3O2/c22-18(23)17-11-21(30,20(24)25)28(27-17)19(29)14-10-16(12-6-2-1-3-7-12)26-15-9-5-4-8-13(14)15/h1-11,18,20,27,30H. The van der Waals surface area contributed by atoms with Crippen LogP contribution in [0.5, 0.6) is 0 Å². The van der Waals surface area contributed by atoms with Crippen LogP contribution in [0.2, 0.25) is 0 Å². The van der Waals surface area contributed by atoms with E-state index in [-0.39, 0.29) is 16.6 Å². The predicted molar refractivity (Wildman–Crippen MR) is 102 cm³/mol. The molecule has 1 aromatic heterocycles. The van der Waals surface area contributed by atoms with E-state index in [1.54, 1.807) is 54.6 Å². The van der Waals surface area contributed by atoms with Gasteiger partial charge in [0.15, 0.2) is 0 Å². The number of pyridine rings is 1. The molecule has 0 fully saturated rings. The van der Waals surface area contributed by atoms with Gasteiger partial charge in [-0.15, -0.1) is 0 Å². The number of fused-ring (bicyclic) bond motifs is 1. The van der Waals surface area contributed by atoms with Crippen LogP contribution in [0, 0.1) is 0 Å². The number of nitrogens with one attached hydrogen (secondary N) is 1. The lowest BCUT2D eigenvalue weighted by atomic mass is 10.0. The number of benzene rings is 2. The first-order valence-electron chi connectivity index (χ1n) is 8.89. The lowest BCUT2D eigenvalue weighted by Crippen LogP contribution is -2.56. The fourth-order valence-corrected chi connectivity index (χ4v) is 3.26. The molecule has 2 aromatic carbocycles. The van der Waals surface area contributed by atoms with E-state index in [4.69, 9.17) is 0 Å². The summed E-state index contributed by atoms with van der Waals surface area (Å²) in [5.41, 5.74) is -0.882. The zero-order valence-corrected chi connectivity index (χ0v) is 15.3. The minimum absolute atomic E-state index is 0.0741. The Morgan fingerprint density at radius 1 is 1.03 bits per heavy atom. The fourth-order valence-electron chi connectivity index (χ4n) is 3.26. The third-order valence-corrected chi connectivity index (χ3v) is 4.74. The lowest BCUT2D eigenvalue weighted by molar-refractivity contribution is -0.146. The van der Waals surface area contributed by atoms with Gasteiger partial charge in [0.25, 0.3) is 18.8 Å². The molecule has 2 heterocycles. The van der Waals surface area contributed by atoms with Gasteiger partial charge in [-0.2, -0.15) is 0 Å². The molecule has 0 radical (unpaired) electrons. The molecular formula is C21H15F4N3O2. The van der Waals surface area contributed by atoms with E-state index in [1.165, 1.54) is 6.07 Å². The van der Waals surface area contributed by atoms with Crippen LogP contribution in [0.1, 0.15) is 10.4 Å². The second-order valence-electron chi connectivity index (χ2n) is 6.67. The molecular weight excluding hydrogens is 402 g/mol. The SMILES string of the molecule is O=C(c1cc(-c2ccccc2)nc2ccccc12)N1NC(C(F)F)=CC1(O)C(F)F. The van der Waals surface area contributed by atoms with E-state index in [1.807, 2.05) is 5.43 Å². The summed E-state index contributed by atoms with van der Waals surface area (Å²) < 4.78 is 53.3. The Labute approximate surface area is 168 Å². The largest absolute Gasteiger partial charge is 0.361 e. The van der Waals surface area contributed by atoms with Crippen molar-refractivity contribution in [1.29, 1.82) is 0 Å². The van der Waals surface area contributed by atoms with Gasteiger partial charge in [-0.05, 0) is 12.1 Å². The van der Waals surface area contributed by atoms with Crippen LogP contribution in [-0.4, -0.2) is 39.6 Å². The van der Waals surface area contributed by atoms with Crippen molar-refractivity contribution in [2.75, 3.05) is 0 Å². The van der Waals surface area contributed by atoms with Crippen molar-refractivity contribution in [2.24, 2.45) is 0 Å². The second kappa shape index (κ2) is 7.42. The van der Waals surface area contributed by atoms with Gasteiger partial charge >= 0.3 is 0 Å². The predicted octanol–water partition coefficient (Wildman–Crippen LogP) is 3.96. The quantitative estimate of drug-likeness (QED) is 0.631. The molecule has 1 amide bonds. The minimum atomic E-state index is -3.52. The van der Waals surface area contributed by atoms with Gasteiger partial charge in [0.1, 0.15) is 0 Å². The van der Waals surface area contributed by atoms with E-state index >= 15 is 0 Å². The number of hydrogen-bond donors (Lipinski definition) is 2. The highest BCUT2D eigenvalue weighted by molar-refractivity contribution is 6.07. The molecule has 5 nitrogen and oxygen atoms in total. The summed E-state index contributed by atoms with van der Waals surface area (Å²) in [6.07, 6.45) is -6.43. The van der Waals surface area contributed by atoms with Crippen LogP contribution in [0.4, 0.5) is 17.6 Å². The smallest absolute Gasteiger partial charge is 0.291 e. The number of rotatable bonds is 4. The molecule has 3 aromatic rings. The highest BCUT2D eigenvalue weighted by Crippen LogP contribution is 2.33. The summed E-state index contributed by atoms with van der Waals surface area (Å²) in [5, 5.41) is 10.8. The summed E-state index contributed by atoms with van der Waals surface area (Å²) in [6.45, 7) is 0. The van der Waals surface area contributed by atoms with Crippen LogP contribution < -0.4 is 5.43 Å². The molecule has 1 atom stereocenters. The fraction of sp³-hybridized carbons (Fsp3) is 0.143. The summed E-state index contributed by atoms with van der Waals surface area (Å²) in [4.78, 5) is 17.7. The zero-order chi connectivity index (χ0) is 21.5. The third kappa shape index (κ3) is 3.26. The van der Waals surface area contributed by atoms with Crippen molar-refractivity contribution in [1.82, 2.24) is 15.4 Å². The molecule has 0 aliphatic carbocycles. The molecule has 4 rings (SSSR count). The maximum Gasteiger partial charge on any atom is 0.291 e. The molecule has 0 bridgehead atoms. The number of nitrogens with zero attached hydrogens (tertiary/aromatic N) is 2. The van der Waals surface area contributed by atoms with Crippen molar-refractivity contribution in [3.05, 3.63) is 78.0 Å². The molecule has 1 aliphatic rings. The Balaban J connectivity index is 1.85. The van der Waals surface area contributed by atoms with E-state index in [2.05, 4.69) is 4.98 Å². The summed E-state index contributed by atoms with van der Waals surface area (Å²) >= 11 is 0. The molecule has 1 unspecified atom stereocenters. The molecule has 30 heavy (non-hydrogen) atoms. The Kier molecular flexibility index (Phi) is 4.90. The molecule has 1 aliphatic heterocycles. The molecule has 0 spiro atoms. The normalized spacial score (nSPS) is 18.8. The Morgan fingerprint density at radius 3 is 2.37 bits per heavy atom. The van der Waals surface area contributed by atoms with E-state index < -0.39 is 30.2 Å². The van der Waals surface area contributed by atoms with E-state index in [9.17, 15) is 27.5 Å². The van der Waals surface area contributed by atoms with Gasteiger partial charge in [0.05, 0.1) is 22.5 Å². The van der Waals surface area contributed by atoms with Crippen LogP contribution in [-0.2, 0) is 0 Å². The molecule has 154 valence electrons. The first-order valence-corrected chi connectivity index (χ1v) is 8.89. The average Bonchev–Trinajstić information content (AvgIpc) is 3.12. The van der Waals surface area contributed by atoms with Crippen LogP contribution >= 0.6 is 0 Å². The van der Waals surface area contributed by atoms with Crippen molar-refractivity contribution >= 4 is 16.8 Å². The number of halogens is 4. The van der Waals surface area contributed by atoms with Gasteiger partial charge < -0.3 is 5.11 Å². The number of hydrogen-bond acceptors (Lipinski definition) is 4. The zero-order valence-electron chi connectivity index (χ0n) is 15.3. The van der Waals surface area contributed by atoms with Crippen LogP contribution in [0.3, 0.4) is 0 Å². The van der Waals surface area contributed by atoms with Crippen molar-refractivity contribution in [2.45, 2.75) is 18.6 Å². The van der Waals surface area contributed by atoms with Crippen molar-refractivity contribution < 1.29 is 27.5 Å². The number of alkyl halides is 4. The monoisotopic (exact) mass is 417 g/mol. The van der Waals surface area contributed by atoms with E-state index in [0.717, 1.165) is 0 Å². The number of para-hydroxylation sites is 1. The van der Waals surface area contributed by atoms with Crippen molar-refractivity contribution in [3.63, 3.8) is 0 Å². The topological polar surface area (TPSA) is 65.5 Å². The van der Waals surface area contributed by atoms with Gasteiger partial charge in [0, 0.05) is 17.0 Å². The summed E-state index contributed by atoms with van der Waals surface area (Å²) in [6, 6.07) is 16.7. The number of aromatic nitrogens is 1. The van der Waals surface area contributed by atoms with Crippen LogP contribution in [0.15, 0.2) is 72.4 Å². The molecule has 0 saturated heterocycles. The second-order valence-corrected chi connectivity index (χ2v) is 6.67. The van der Waals surface area contributed by atoms with Gasteiger partial charge in [0.2, 0.25) is 5.72 Å². The maximum atomic E-state index is 13.6. The van der Waals surface area contributed by atoms with Crippen LogP contribution in [0.25, 0.3) is 22.2 Å². The van der Waals surface area contributed by atoms with Gasteiger partial charge in [-0.1, -0.05) is 48.5 Å². The Morgan fingerprint density at radius 2 is 1.70 bits per heavy atom. The first kappa shape index (κ1) is 19.8. The minimum Gasteiger partial charge on any atom is -0.361 e. The summed E-state index contributed by atoms with van der Waals surface area (Å²) in [7, 11) is 0. The van der Waals surface area contributed by atoms with Gasteiger partial charge in [-0.3, -0.25) is 10.2 Å². The number of amides is 1. The highest BCUT2D eigenvalue weighted by Gasteiger charge is 2.51. The number of allylic oxidation sites excluding steroid dienone is 1. The summed E-state index contributed by atoms with van der Waals surface area (Å²) in [5.74, 6) is -1.10. The molecule has 0 saturated carbocycles. The Bertz CT molecular complexity index is 1140. The number of aliphatic hydroxyl groups is 1. The number of carbonyl (C=O) groups is 1. The number of carbonyl (C=O) groups excluding carboxylic acids is 1. The highest BCUT2D eigenvalue weighted by atomic mass is 19.3. The average molecular weight is 417 g/mol. The third-order valence-electron chi connectivity index (χ3n) is 4.74. The molecule has 2 N–H and O–H groups in total. The lowest BCUT2D eigenvalue weighted by Gasteiger charge is -2.32. The van der Waals surface area contributed by atoms with Crippen molar-refractivity contribution in [3.8, 4) is 11.3 Å². The van der Waals surface area contributed by atoms with E-state index in [0.29, 0.717) is 22.2 Å². The first-order chi connectivity index (χ1) is 14.3. The Hall–Kier alpha value is -3.46. The van der Waals surface area contributed by atoms with Gasteiger partial charge in [-0.25, -0.2) is 27.6 Å².